The summed E-state index contributed by atoms with van der Waals surface area (Å²) < 4.78 is 6.33. The van der Waals surface area contributed by atoms with Crippen LogP contribution in [0.3, 0.4) is 0 Å². The summed E-state index contributed by atoms with van der Waals surface area (Å²) in [6, 6.07) is 11.0. The van der Waals surface area contributed by atoms with Crippen LogP contribution in [0.1, 0.15) is 31.4 Å². The van der Waals surface area contributed by atoms with E-state index in [4.69, 9.17) is 33.3 Å². The summed E-state index contributed by atoms with van der Waals surface area (Å²) in [5.74, 6) is 0.231. The quantitative estimate of drug-likeness (QED) is 0.338. The second kappa shape index (κ2) is 9.41. The first-order valence-corrected chi connectivity index (χ1v) is 10.4. The predicted molar refractivity (Wildman–Crippen MR) is 115 cm³/mol. The molecule has 0 bridgehead atoms. The minimum atomic E-state index is -0.803. The first-order valence-electron chi connectivity index (χ1n) is 8.77. The molecule has 0 aliphatic carbocycles. The number of amides is 1. The number of halogens is 1. The SMILES string of the molecule is O=C(O)CCCCCN1C(=O)C(=Cc2ccc(-c3ccccc3Cl)o2)SC1=S. The number of nitrogens with zero attached hydrogens (tertiary/aromatic N) is 1. The average molecular weight is 436 g/mol. The molecule has 1 amide bonds. The van der Waals surface area contributed by atoms with E-state index in [0.717, 1.165) is 12.0 Å². The predicted octanol–water partition coefficient (Wildman–Crippen LogP) is 5.45. The van der Waals surface area contributed by atoms with Gasteiger partial charge in [0.25, 0.3) is 5.91 Å². The molecule has 0 atom stereocenters. The highest BCUT2D eigenvalue weighted by Gasteiger charge is 2.31. The number of benzene rings is 1. The lowest BCUT2D eigenvalue weighted by atomic mass is 10.2. The van der Waals surface area contributed by atoms with Crippen molar-refractivity contribution in [2.75, 3.05) is 6.54 Å². The van der Waals surface area contributed by atoms with E-state index in [9.17, 15) is 9.59 Å². The molecular formula is C20H18ClNO4S2. The molecule has 146 valence electrons. The minimum absolute atomic E-state index is 0.143. The number of carboxylic acid groups (broad SMARTS) is 1. The van der Waals surface area contributed by atoms with Gasteiger partial charge in [-0.1, -0.05) is 54.1 Å². The lowest BCUT2D eigenvalue weighted by Crippen LogP contribution is -2.29. The Kier molecular flexibility index (Phi) is 6.93. The summed E-state index contributed by atoms with van der Waals surface area (Å²) in [5.41, 5.74) is 0.790. The van der Waals surface area contributed by atoms with Gasteiger partial charge in [-0.3, -0.25) is 14.5 Å². The molecule has 1 fully saturated rings. The molecule has 8 heteroatoms. The van der Waals surface area contributed by atoms with Crippen LogP contribution in [-0.4, -0.2) is 32.7 Å². The maximum absolute atomic E-state index is 12.6. The Hall–Kier alpha value is -2.09. The van der Waals surface area contributed by atoms with Crippen molar-refractivity contribution >= 4 is 57.9 Å². The van der Waals surface area contributed by atoms with Gasteiger partial charge in [-0.25, -0.2) is 0 Å². The van der Waals surface area contributed by atoms with Crippen molar-refractivity contribution in [2.24, 2.45) is 0 Å². The fraction of sp³-hybridized carbons (Fsp3) is 0.250. The van der Waals surface area contributed by atoms with E-state index in [1.807, 2.05) is 24.3 Å². The molecule has 1 aliphatic rings. The van der Waals surface area contributed by atoms with Gasteiger partial charge < -0.3 is 9.52 Å². The van der Waals surface area contributed by atoms with Crippen LogP contribution < -0.4 is 0 Å². The summed E-state index contributed by atoms with van der Waals surface area (Å²) in [7, 11) is 0. The standard InChI is InChI=1S/C20H18ClNO4S2/c21-15-7-4-3-6-14(15)16-10-9-13(26-16)12-17-19(25)22(20(27)28-17)11-5-1-2-8-18(23)24/h3-4,6-7,9-10,12H,1-2,5,8,11H2,(H,23,24). The molecule has 5 nitrogen and oxygen atoms in total. The number of hydrogen-bond acceptors (Lipinski definition) is 5. The van der Waals surface area contributed by atoms with E-state index in [1.54, 1.807) is 23.1 Å². The second-order valence-electron chi connectivity index (χ2n) is 6.22. The zero-order chi connectivity index (χ0) is 20.1. The number of aliphatic carboxylic acids is 1. The number of hydrogen-bond donors (Lipinski definition) is 1. The Morgan fingerprint density at radius 2 is 2.00 bits per heavy atom. The normalized spacial score (nSPS) is 15.6. The number of carboxylic acids is 1. The number of unbranched alkanes of at least 4 members (excludes halogenated alkanes) is 2. The van der Waals surface area contributed by atoms with Gasteiger partial charge in [0, 0.05) is 24.6 Å². The molecule has 0 spiro atoms. The van der Waals surface area contributed by atoms with Crippen LogP contribution >= 0.6 is 35.6 Å². The van der Waals surface area contributed by atoms with Crippen molar-refractivity contribution in [3.05, 3.63) is 52.1 Å². The number of thioether (sulfide) groups is 1. The zero-order valence-corrected chi connectivity index (χ0v) is 17.3. The van der Waals surface area contributed by atoms with Crippen molar-refractivity contribution in [1.29, 1.82) is 0 Å². The summed E-state index contributed by atoms with van der Waals surface area (Å²) in [6.07, 6.45) is 3.87. The molecule has 2 aromatic rings. The van der Waals surface area contributed by atoms with Gasteiger partial charge in [0.15, 0.2) is 0 Å². The van der Waals surface area contributed by atoms with E-state index in [0.29, 0.717) is 45.2 Å². The molecule has 0 saturated carbocycles. The van der Waals surface area contributed by atoms with Crippen LogP contribution in [0.25, 0.3) is 17.4 Å². The number of thiocarbonyl (C=S) groups is 1. The smallest absolute Gasteiger partial charge is 0.303 e. The van der Waals surface area contributed by atoms with Crippen LogP contribution in [0.5, 0.6) is 0 Å². The Balaban J connectivity index is 1.64. The fourth-order valence-corrected chi connectivity index (χ4v) is 4.30. The largest absolute Gasteiger partial charge is 0.481 e. The van der Waals surface area contributed by atoms with E-state index >= 15 is 0 Å². The third kappa shape index (κ3) is 5.04. The Morgan fingerprint density at radius 3 is 2.75 bits per heavy atom. The number of carbonyl (C=O) groups excluding carboxylic acids is 1. The summed E-state index contributed by atoms with van der Waals surface area (Å²) >= 11 is 12.8. The highest BCUT2D eigenvalue weighted by molar-refractivity contribution is 8.26. The third-order valence-corrected chi connectivity index (χ3v) is 5.89. The molecule has 0 radical (unpaired) electrons. The highest BCUT2D eigenvalue weighted by Crippen LogP contribution is 2.34. The van der Waals surface area contributed by atoms with Crippen LogP contribution in [0.2, 0.25) is 5.02 Å². The van der Waals surface area contributed by atoms with Gasteiger partial charge in [0.2, 0.25) is 0 Å². The fourth-order valence-electron chi connectivity index (χ4n) is 2.78. The average Bonchev–Trinajstić information content (AvgIpc) is 3.21. The monoisotopic (exact) mass is 435 g/mol. The molecule has 2 heterocycles. The van der Waals surface area contributed by atoms with E-state index in [-0.39, 0.29) is 12.3 Å². The topological polar surface area (TPSA) is 70.8 Å². The lowest BCUT2D eigenvalue weighted by Gasteiger charge is -2.13. The van der Waals surface area contributed by atoms with Crippen molar-refractivity contribution in [1.82, 2.24) is 4.90 Å². The summed E-state index contributed by atoms with van der Waals surface area (Å²) in [6.45, 7) is 0.491. The lowest BCUT2D eigenvalue weighted by molar-refractivity contribution is -0.137. The van der Waals surface area contributed by atoms with Gasteiger partial charge in [-0.15, -0.1) is 0 Å². The first kappa shape index (κ1) is 20.6. The molecule has 1 aromatic heterocycles. The van der Waals surface area contributed by atoms with Crippen molar-refractivity contribution < 1.29 is 19.1 Å². The van der Waals surface area contributed by atoms with Gasteiger partial charge in [0.1, 0.15) is 15.8 Å². The van der Waals surface area contributed by atoms with Crippen LogP contribution in [0.4, 0.5) is 0 Å². The molecular weight excluding hydrogens is 418 g/mol. The Morgan fingerprint density at radius 1 is 1.21 bits per heavy atom. The number of furan rings is 1. The van der Waals surface area contributed by atoms with Crippen LogP contribution in [0.15, 0.2) is 45.7 Å². The van der Waals surface area contributed by atoms with Crippen LogP contribution in [-0.2, 0) is 9.59 Å². The van der Waals surface area contributed by atoms with Crippen LogP contribution in [0, 0.1) is 0 Å². The molecule has 1 aromatic carbocycles. The first-order chi connectivity index (χ1) is 13.5. The Labute approximate surface area is 177 Å². The van der Waals surface area contributed by atoms with Gasteiger partial charge >= 0.3 is 5.97 Å². The van der Waals surface area contributed by atoms with E-state index in [2.05, 4.69) is 0 Å². The van der Waals surface area contributed by atoms with Gasteiger partial charge in [-0.2, -0.15) is 0 Å². The van der Waals surface area contributed by atoms with Gasteiger partial charge in [0.05, 0.1) is 9.93 Å². The van der Waals surface area contributed by atoms with Crippen molar-refractivity contribution in [2.45, 2.75) is 25.7 Å². The van der Waals surface area contributed by atoms with Gasteiger partial charge in [-0.05, 0) is 37.1 Å². The van der Waals surface area contributed by atoms with Crippen molar-refractivity contribution in [3.8, 4) is 11.3 Å². The number of rotatable bonds is 8. The highest BCUT2D eigenvalue weighted by atomic mass is 35.5. The van der Waals surface area contributed by atoms with E-state index in [1.165, 1.54) is 11.8 Å². The minimum Gasteiger partial charge on any atom is -0.481 e. The molecule has 0 unspecified atom stereocenters. The maximum Gasteiger partial charge on any atom is 0.303 e. The summed E-state index contributed by atoms with van der Waals surface area (Å²) in [5, 5.41) is 9.26. The second-order valence-corrected chi connectivity index (χ2v) is 8.30. The summed E-state index contributed by atoms with van der Waals surface area (Å²) in [4.78, 5) is 25.2. The molecule has 28 heavy (non-hydrogen) atoms. The molecule has 1 N–H and O–H groups in total. The molecule has 1 aliphatic heterocycles. The third-order valence-electron chi connectivity index (χ3n) is 4.19. The zero-order valence-electron chi connectivity index (χ0n) is 14.9. The van der Waals surface area contributed by atoms with E-state index < -0.39 is 5.97 Å². The molecule has 1 saturated heterocycles. The van der Waals surface area contributed by atoms with Crippen molar-refractivity contribution in [3.63, 3.8) is 0 Å². The molecule has 3 rings (SSSR count). The maximum atomic E-state index is 12.6. The number of carbonyl (C=O) groups is 2. The Bertz CT molecular complexity index is 938.